The van der Waals surface area contributed by atoms with Crippen LogP contribution in [0.1, 0.15) is 195 Å². The first-order valence-corrected chi connectivity index (χ1v) is 25.8. The lowest BCUT2D eigenvalue weighted by Gasteiger charge is -2.50. The van der Waals surface area contributed by atoms with Gasteiger partial charge in [-0.3, -0.25) is 0 Å². The van der Waals surface area contributed by atoms with Gasteiger partial charge in [-0.2, -0.15) is 0 Å². The van der Waals surface area contributed by atoms with Crippen molar-refractivity contribution in [1.82, 2.24) is 0 Å². The summed E-state index contributed by atoms with van der Waals surface area (Å²) >= 11 is 0. The molecule has 1 atom stereocenters. The number of hydrogen-bond acceptors (Lipinski definition) is 9. The van der Waals surface area contributed by atoms with E-state index in [1.165, 1.54) is 96.3 Å². The van der Waals surface area contributed by atoms with Crippen molar-refractivity contribution in [3.8, 4) is 0 Å². The summed E-state index contributed by atoms with van der Waals surface area (Å²) in [5, 5.41) is 49.7. The van der Waals surface area contributed by atoms with Gasteiger partial charge in [0.15, 0.2) is 0 Å². The van der Waals surface area contributed by atoms with Gasteiger partial charge in [-0.15, -0.1) is 0 Å². The lowest BCUT2D eigenvalue weighted by molar-refractivity contribution is -0.173. The Hall–Kier alpha value is -1.84. The lowest BCUT2D eigenvalue weighted by atomic mass is 9.59. The molecule has 1 unspecified atom stereocenters. The van der Waals surface area contributed by atoms with Crippen LogP contribution in [0.25, 0.3) is 0 Å². The van der Waals surface area contributed by atoms with Crippen molar-refractivity contribution in [1.29, 1.82) is 0 Å². The Labute approximate surface area is 371 Å². The molecule has 3 rings (SSSR count). The fourth-order valence-electron chi connectivity index (χ4n) is 8.72. The second-order valence-electron chi connectivity index (χ2n) is 16.8. The standard InChI is InChI=1S/C50H78O4.H4O5P2/c1-4-7-10-13-16-19-22-31-42-32-25-28-37-45(42)48(53)49(40-51,41-52)50(54,46-38-29-26-35-43(46)33-23-20-17-14-11-8-5-2)47-39-30-27-36-44(47)34-24-21-18-15-12-9-6-3;1-6(2)5-7(3)4/h25-30,32,35-39,48,51-54H,4-24,31,33-34,40-41H2,1-3H3;1-4H. The Morgan fingerprint density at radius 2 is 0.770 bits per heavy atom. The molecule has 0 amide bonds. The first-order valence-electron chi connectivity index (χ1n) is 23.5. The molecule has 0 fully saturated rings. The number of hydrogen-bond donors (Lipinski definition) is 8. The zero-order chi connectivity index (χ0) is 44.8. The molecule has 8 N–H and O–H groups in total. The Kier molecular flexibility index (Phi) is 29.7. The number of aliphatic hydroxyl groups excluding tert-OH is 3. The first kappa shape index (κ1) is 55.3. The van der Waals surface area contributed by atoms with Gasteiger partial charge in [0.25, 0.3) is 0 Å². The van der Waals surface area contributed by atoms with Crippen LogP contribution in [0.15, 0.2) is 72.8 Å². The minimum Gasteiger partial charge on any atom is -0.395 e. The fraction of sp³-hybridized carbons (Fsp3) is 0.640. The maximum Gasteiger partial charge on any atom is 0.334 e. The van der Waals surface area contributed by atoms with E-state index >= 15 is 0 Å². The summed E-state index contributed by atoms with van der Waals surface area (Å²) in [7, 11) is -5.22. The number of aliphatic hydroxyl groups is 4. The molecule has 0 saturated carbocycles. The monoisotopic (exact) mass is 889 g/mol. The van der Waals surface area contributed by atoms with Crippen LogP contribution in [0.2, 0.25) is 0 Å². The van der Waals surface area contributed by atoms with Crippen molar-refractivity contribution in [3.05, 3.63) is 106 Å². The highest BCUT2D eigenvalue weighted by atomic mass is 31.2. The third-order valence-corrected chi connectivity index (χ3v) is 13.4. The van der Waals surface area contributed by atoms with E-state index in [2.05, 4.69) is 43.3 Å². The van der Waals surface area contributed by atoms with Crippen LogP contribution in [0.5, 0.6) is 0 Å². The summed E-state index contributed by atoms with van der Waals surface area (Å²) in [6.45, 7) is 5.55. The summed E-state index contributed by atoms with van der Waals surface area (Å²) in [6, 6.07) is 24.0. The van der Waals surface area contributed by atoms with Crippen molar-refractivity contribution in [2.45, 2.75) is 187 Å². The third kappa shape index (κ3) is 18.7. The van der Waals surface area contributed by atoms with Crippen molar-refractivity contribution in [3.63, 3.8) is 0 Å². The highest BCUT2D eigenvalue weighted by Gasteiger charge is 2.58. The summed E-state index contributed by atoms with van der Waals surface area (Å²) in [4.78, 5) is 31.3. The molecule has 346 valence electrons. The van der Waals surface area contributed by atoms with E-state index in [1.807, 2.05) is 54.6 Å². The van der Waals surface area contributed by atoms with Crippen LogP contribution < -0.4 is 0 Å². The molecule has 61 heavy (non-hydrogen) atoms. The topological polar surface area (TPSA) is 171 Å². The second kappa shape index (κ2) is 32.8. The average molecular weight is 889 g/mol. The minimum absolute atomic E-state index is 0.593. The normalized spacial score (nSPS) is 12.5. The Morgan fingerprint density at radius 1 is 0.459 bits per heavy atom. The van der Waals surface area contributed by atoms with Crippen molar-refractivity contribution >= 4 is 17.2 Å². The highest BCUT2D eigenvalue weighted by Crippen LogP contribution is 2.54. The van der Waals surface area contributed by atoms with Gasteiger partial charge in [0.2, 0.25) is 0 Å². The van der Waals surface area contributed by atoms with E-state index in [-0.39, 0.29) is 0 Å². The van der Waals surface area contributed by atoms with Crippen LogP contribution in [0.4, 0.5) is 0 Å². The van der Waals surface area contributed by atoms with Crippen molar-refractivity contribution < 1.29 is 44.3 Å². The molecule has 0 aliphatic rings. The fourth-order valence-corrected chi connectivity index (χ4v) is 9.25. The largest absolute Gasteiger partial charge is 0.395 e. The Bertz CT molecular complexity index is 1470. The molecule has 0 aliphatic heterocycles. The van der Waals surface area contributed by atoms with E-state index in [0.717, 1.165) is 74.5 Å². The molecular formula is C50H82O9P2. The van der Waals surface area contributed by atoms with Crippen molar-refractivity contribution in [2.24, 2.45) is 5.41 Å². The molecule has 0 aliphatic carbocycles. The van der Waals surface area contributed by atoms with E-state index in [1.54, 1.807) is 0 Å². The maximum atomic E-state index is 13.8. The molecule has 3 aromatic carbocycles. The van der Waals surface area contributed by atoms with Gasteiger partial charge in [0.1, 0.15) is 5.60 Å². The molecule has 9 nitrogen and oxygen atoms in total. The number of aryl methyl sites for hydroxylation is 3. The smallest absolute Gasteiger partial charge is 0.334 e. The Balaban J connectivity index is 0.00000168. The van der Waals surface area contributed by atoms with Gasteiger partial charge in [-0.05, 0) is 71.9 Å². The number of benzene rings is 3. The van der Waals surface area contributed by atoms with Gasteiger partial charge in [-0.1, -0.05) is 209 Å². The van der Waals surface area contributed by atoms with E-state index in [9.17, 15) is 20.4 Å². The van der Waals surface area contributed by atoms with Gasteiger partial charge in [-0.25, -0.2) is 4.31 Å². The third-order valence-electron chi connectivity index (χ3n) is 12.3. The molecule has 0 spiro atoms. The predicted molar refractivity (Wildman–Crippen MR) is 253 cm³/mol. The zero-order valence-corrected chi connectivity index (χ0v) is 39.6. The molecule has 0 aromatic heterocycles. The molecule has 0 saturated heterocycles. The van der Waals surface area contributed by atoms with Crippen LogP contribution in [0, 0.1) is 5.41 Å². The molecule has 0 bridgehead atoms. The van der Waals surface area contributed by atoms with E-state index in [0.29, 0.717) is 16.7 Å². The quantitative estimate of drug-likeness (QED) is 0.0219. The van der Waals surface area contributed by atoms with Crippen LogP contribution in [-0.2, 0) is 29.2 Å². The Morgan fingerprint density at radius 3 is 1.11 bits per heavy atom. The van der Waals surface area contributed by atoms with Crippen LogP contribution >= 0.6 is 17.2 Å². The van der Waals surface area contributed by atoms with Gasteiger partial charge >= 0.3 is 17.2 Å². The number of unbranched alkanes of at least 4 members (excludes halogenated alkanes) is 18. The summed E-state index contributed by atoms with van der Waals surface area (Å²) in [5.74, 6) is 0. The lowest BCUT2D eigenvalue weighted by Crippen LogP contribution is -2.56. The second-order valence-corrected chi connectivity index (χ2v) is 18.5. The predicted octanol–water partition coefficient (Wildman–Crippen LogP) is 11.9. The number of rotatable bonds is 33. The summed E-state index contributed by atoms with van der Waals surface area (Å²) in [5.41, 5.74) is 1.46. The highest BCUT2D eigenvalue weighted by molar-refractivity contribution is 7.53. The van der Waals surface area contributed by atoms with Crippen LogP contribution in [-0.4, -0.2) is 53.2 Å². The molecule has 11 heteroatoms. The molecule has 3 aromatic rings. The van der Waals surface area contributed by atoms with Gasteiger partial charge < -0.3 is 40.0 Å². The molecule has 0 radical (unpaired) electrons. The van der Waals surface area contributed by atoms with Crippen LogP contribution in [0.3, 0.4) is 0 Å². The van der Waals surface area contributed by atoms with Gasteiger partial charge in [0, 0.05) is 0 Å². The SMILES string of the molecule is CCCCCCCCCc1ccccc1C(O)C(CO)(CO)C(O)(c1ccccc1CCCCCCCCC)c1ccccc1CCCCCCCCC.OP(O)OP(O)O. The summed E-state index contributed by atoms with van der Waals surface area (Å²) < 4.78 is 3.60. The average Bonchev–Trinajstić information content (AvgIpc) is 3.26. The zero-order valence-electron chi connectivity index (χ0n) is 37.8. The molecule has 0 heterocycles. The molecular weight excluding hydrogens is 806 g/mol. The van der Waals surface area contributed by atoms with E-state index < -0.39 is 47.5 Å². The van der Waals surface area contributed by atoms with Crippen molar-refractivity contribution in [2.75, 3.05) is 13.2 Å². The van der Waals surface area contributed by atoms with E-state index in [4.69, 9.17) is 19.6 Å². The maximum absolute atomic E-state index is 13.8. The minimum atomic E-state index is -2.61. The first-order chi connectivity index (χ1) is 29.6. The van der Waals surface area contributed by atoms with Gasteiger partial charge in [0.05, 0.1) is 24.7 Å². The summed E-state index contributed by atoms with van der Waals surface area (Å²) in [6.07, 6.45) is 26.1.